The summed E-state index contributed by atoms with van der Waals surface area (Å²) in [6, 6.07) is 0. The summed E-state index contributed by atoms with van der Waals surface area (Å²) >= 11 is -0.515. The van der Waals surface area contributed by atoms with Crippen molar-refractivity contribution in [1.29, 1.82) is 0 Å². The van der Waals surface area contributed by atoms with Gasteiger partial charge in [-0.05, 0) is 19.8 Å². The Hall–Kier alpha value is 0.310. The fourth-order valence-corrected chi connectivity index (χ4v) is 2.63. The fraction of sp³-hybridized carbons (Fsp3) is 1.00. The van der Waals surface area contributed by atoms with Crippen LogP contribution in [0.4, 0.5) is 0 Å². The molecule has 0 aromatic carbocycles. The molecule has 0 bridgehead atoms. The summed E-state index contributed by atoms with van der Waals surface area (Å²) in [4.78, 5) is 0. The highest BCUT2D eigenvalue weighted by molar-refractivity contribution is 7.92. The maximum atomic E-state index is 11.1. The van der Waals surface area contributed by atoms with Gasteiger partial charge in [0.1, 0.15) is 11.0 Å². The summed E-state index contributed by atoms with van der Waals surface area (Å²) in [5.74, 6) is 1.63. The van der Waals surface area contributed by atoms with Gasteiger partial charge in [0.25, 0.3) is 0 Å². The second-order valence-electron chi connectivity index (χ2n) is 3.04. The molecule has 1 aliphatic rings. The first-order valence-electron chi connectivity index (χ1n) is 3.57. The van der Waals surface area contributed by atoms with Gasteiger partial charge in [0.15, 0.2) is 0 Å². The quantitative estimate of drug-likeness (QED) is 0.475. The topological polar surface area (TPSA) is 23.1 Å². The second-order valence-corrected chi connectivity index (χ2v) is 4.94. The average molecular weight is 146 g/mol. The van der Waals surface area contributed by atoms with E-state index in [9.17, 15) is 4.55 Å². The molecule has 0 saturated carbocycles. The van der Waals surface area contributed by atoms with Crippen LogP contribution in [0.2, 0.25) is 0 Å². The van der Waals surface area contributed by atoms with Crippen LogP contribution in [0.3, 0.4) is 0 Å². The van der Waals surface area contributed by atoms with Crippen LogP contribution in [-0.2, 0) is 11.2 Å². The van der Waals surface area contributed by atoms with Crippen LogP contribution in [-0.4, -0.2) is 15.6 Å². The zero-order valence-electron chi connectivity index (χ0n) is 6.09. The molecular weight excluding hydrogens is 132 g/mol. The molecule has 1 nitrogen and oxygen atoms in total. The van der Waals surface area contributed by atoms with E-state index < -0.39 is 11.2 Å². The third-order valence-electron chi connectivity index (χ3n) is 1.96. The van der Waals surface area contributed by atoms with E-state index in [0.29, 0.717) is 11.2 Å². The van der Waals surface area contributed by atoms with Crippen molar-refractivity contribution in [1.82, 2.24) is 0 Å². The van der Waals surface area contributed by atoms with Crippen molar-refractivity contribution in [2.75, 3.05) is 5.75 Å². The highest BCUT2D eigenvalue weighted by Gasteiger charge is 2.25. The standard InChI is InChI=1S/C7H14OS/c1-6-3-4-7(2)9(8)5-6/h6-7H,3-5H2,1-2H3/t6?,7-,9?/m0/s1. The minimum atomic E-state index is -0.515. The van der Waals surface area contributed by atoms with Crippen molar-refractivity contribution in [2.24, 2.45) is 5.92 Å². The molecule has 1 heterocycles. The van der Waals surface area contributed by atoms with Crippen LogP contribution in [0, 0.1) is 5.92 Å². The van der Waals surface area contributed by atoms with E-state index in [1.807, 2.05) is 0 Å². The van der Waals surface area contributed by atoms with Gasteiger partial charge in [0, 0.05) is 5.92 Å². The Morgan fingerprint density at radius 2 is 2.00 bits per heavy atom. The zero-order valence-corrected chi connectivity index (χ0v) is 6.91. The summed E-state index contributed by atoms with van der Waals surface area (Å²) in [5, 5.41) is 0.459. The molecule has 0 aromatic rings. The molecule has 3 atom stereocenters. The molecule has 9 heavy (non-hydrogen) atoms. The van der Waals surface area contributed by atoms with Crippen LogP contribution in [0.5, 0.6) is 0 Å². The van der Waals surface area contributed by atoms with E-state index in [2.05, 4.69) is 13.8 Å². The lowest BCUT2D eigenvalue weighted by Gasteiger charge is -2.26. The second kappa shape index (κ2) is 2.93. The molecule has 1 rings (SSSR count). The van der Waals surface area contributed by atoms with Gasteiger partial charge in [0.2, 0.25) is 0 Å². The van der Waals surface area contributed by atoms with Gasteiger partial charge >= 0.3 is 0 Å². The van der Waals surface area contributed by atoms with E-state index in [0.717, 1.165) is 12.2 Å². The highest BCUT2D eigenvalue weighted by atomic mass is 32.2. The molecule has 2 heteroatoms. The monoisotopic (exact) mass is 146 g/mol. The first kappa shape index (κ1) is 7.42. The first-order valence-corrected chi connectivity index (χ1v) is 4.95. The minimum absolute atomic E-state index is 0.459. The smallest absolute Gasteiger partial charge is 0.112 e. The molecule has 1 aliphatic heterocycles. The normalized spacial score (nSPS) is 45.0. The zero-order chi connectivity index (χ0) is 6.85. The van der Waals surface area contributed by atoms with E-state index in [-0.39, 0.29) is 0 Å². The van der Waals surface area contributed by atoms with Crippen molar-refractivity contribution in [2.45, 2.75) is 31.9 Å². The van der Waals surface area contributed by atoms with Gasteiger partial charge in [-0.3, -0.25) is 0 Å². The maximum absolute atomic E-state index is 11.1. The van der Waals surface area contributed by atoms with Crippen LogP contribution < -0.4 is 0 Å². The third kappa shape index (κ3) is 1.87. The highest BCUT2D eigenvalue weighted by Crippen LogP contribution is 2.22. The van der Waals surface area contributed by atoms with Crippen LogP contribution >= 0.6 is 0 Å². The van der Waals surface area contributed by atoms with Crippen molar-refractivity contribution in [3.8, 4) is 0 Å². The summed E-state index contributed by atoms with van der Waals surface area (Å²) in [6.45, 7) is 4.27. The summed E-state index contributed by atoms with van der Waals surface area (Å²) in [6.07, 6.45) is 2.43. The van der Waals surface area contributed by atoms with Crippen LogP contribution in [0.15, 0.2) is 0 Å². The van der Waals surface area contributed by atoms with Gasteiger partial charge in [-0.2, -0.15) is 0 Å². The Morgan fingerprint density at radius 1 is 1.33 bits per heavy atom. The van der Waals surface area contributed by atoms with Crippen LogP contribution in [0.1, 0.15) is 26.7 Å². The largest absolute Gasteiger partial charge is 0.616 e. The molecule has 54 valence electrons. The van der Waals surface area contributed by atoms with Gasteiger partial charge in [-0.25, -0.2) is 0 Å². The number of hydrogen-bond acceptors (Lipinski definition) is 1. The molecule has 0 N–H and O–H groups in total. The molecule has 2 unspecified atom stereocenters. The number of rotatable bonds is 0. The molecule has 1 fully saturated rings. The molecule has 0 amide bonds. The van der Waals surface area contributed by atoms with E-state index >= 15 is 0 Å². The summed E-state index contributed by atoms with van der Waals surface area (Å²) in [7, 11) is 0. The fourth-order valence-electron chi connectivity index (χ4n) is 1.18. The van der Waals surface area contributed by atoms with Gasteiger partial charge in [0.05, 0.1) is 0 Å². The van der Waals surface area contributed by atoms with E-state index in [1.165, 1.54) is 6.42 Å². The Morgan fingerprint density at radius 3 is 2.44 bits per heavy atom. The van der Waals surface area contributed by atoms with Gasteiger partial charge in [-0.1, -0.05) is 18.1 Å². The van der Waals surface area contributed by atoms with E-state index in [1.54, 1.807) is 0 Å². The molecule has 1 saturated heterocycles. The molecule has 0 spiro atoms. The average Bonchev–Trinajstić information content (AvgIpc) is 1.80. The SMILES string of the molecule is CC1CC[C@H](C)[S+]([O-])C1. The lowest BCUT2D eigenvalue weighted by molar-refractivity contribution is 0.486. The Bertz CT molecular complexity index is 94.9. The lowest BCUT2D eigenvalue weighted by atomic mass is 10.1. The molecule has 0 radical (unpaired) electrons. The molecular formula is C7H14OS. The van der Waals surface area contributed by atoms with Gasteiger partial charge in [-0.15, -0.1) is 0 Å². The van der Waals surface area contributed by atoms with Crippen molar-refractivity contribution in [3.05, 3.63) is 0 Å². The summed E-state index contributed by atoms with van der Waals surface area (Å²) < 4.78 is 11.1. The predicted molar refractivity (Wildman–Crippen MR) is 40.9 cm³/mol. The van der Waals surface area contributed by atoms with Crippen molar-refractivity contribution < 1.29 is 4.55 Å². The third-order valence-corrected chi connectivity index (χ3v) is 3.99. The van der Waals surface area contributed by atoms with Crippen LogP contribution in [0.25, 0.3) is 0 Å². The van der Waals surface area contributed by atoms with Gasteiger partial charge < -0.3 is 4.55 Å². The van der Waals surface area contributed by atoms with Crippen molar-refractivity contribution >= 4 is 11.2 Å². The maximum Gasteiger partial charge on any atom is 0.112 e. The van der Waals surface area contributed by atoms with E-state index in [4.69, 9.17) is 0 Å². The number of hydrogen-bond donors (Lipinski definition) is 0. The molecule has 0 aromatic heterocycles. The lowest BCUT2D eigenvalue weighted by Crippen LogP contribution is -2.30. The summed E-state index contributed by atoms with van der Waals surface area (Å²) in [5.41, 5.74) is 0. The molecule has 0 aliphatic carbocycles. The Kier molecular flexibility index (Phi) is 2.42. The predicted octanol–water partition coefficient (Wildman–Crippen LogP) is 1.55. The Balaban J connectivity index is 2.35. The minimum Gasteiger partial charge on any atom is -0.616 e. The first-order chi connectivity index (χ1) is 4.20. The van der Waals surface area contributed by atoms with Crippen molar-refractivity contribution in [3.63, 3.8) is 0 Å². The Labute approximate surface area is 60.0 Å².